The molecule has 4 heteroatoms. The Kier molecular flexibility index (Phi) is 5.55. The minimum Gasteiger partial charge on any atom is -0.388 e. The van der Waals surface area contributed by atoms with E-state index in [0.717, 1.165) is 16.8 Å². The molecule has 0 heterocycles. The number of aliphatic hydroxyl groups is 1. The van der Waals surface area contributed by atoms with Gasteiger partial charge in [-0.3, -0.25) is 4.79 Å². The van der Waals surface area contributed by atoms with Crippen molar-refractivity contribution in [2.45, 2.75) is 19.1 Å². The highest BCUT2D eigenvalue weighted by Crippen LogP contribution is 2.16. The Hall–Kier alpha value is -2.33. The number of benzene rings is 2. The summed E-state index contributed by atoms with van der Waals surface area (Å²) < 4.78 is 0. The first-order chi connectivity index (χ1) is 10.6. The van der Waals surface area contributed by atoms with Gasteiger partial charge in [0.25, 0.3) is 0 Å². The largest absolute Gasteiger partial charge is 0.388 e. The summed E-state index contributed by atoms with van der Waals surface area (Å²) in [5.74, 6) is -0.159. The zero-order chi connectivity index (χ0) is 15.9. The molecular formula is C18H22N2O2. The van der Waals surface area contributed by atoms with Gasteiger partial charge >= 0.3 is 0 Å². The first-order valence-corrected chi connectivity index (χ1v) is 7.32. The number of hydrogen-bond acceptors (Lipinski definition) is 3. The second kappa shape index (κ2) is 7.61. The summed E-state index contributed by atoms with van der Waals surface area (Å²) in [4.78, 5) is 13.9. The summed E-state index contributed by atoms with van der Waals surface area (Å²) in [5, 5.41) is 12.9. The number of nitrogens with zero attached hydrogens (tertiary/aromatic N) is 1. The molecule has 0 fully saturated rings. The Balaban J connectivity index is 1.82. The maximum Gasteiger partial charge on any atom is 0.223 e. The van der Waals surface area contributed by atoms with Crippen LogP contribution in [0.2, 0.25) is 0 Å². The molecule has 0 saturated heterocycles. The molecule has 22 heavy (non-hydrogen) atoms. The third-order valence-corrected chi connectivity index (χ3v) is 3.51. The van der Waals surface area contributed by atoms with Crippen LogP contribution in [0.25, 0.3) is 0 Å². The van der Waals surface area contributed by atoms with Gasteiger partial charge in [-0.1, -0.05) is 42.5 Å². The van der Waals surface area contributed by atoms with Gasteiger partial charge in [0.15, 0.2) is 0 Å². The van der Waals surface area contributed by atoms with Gasteiger partial charge in [-0.05, 0) is 23.3 Å². The molecule has 2 N–H and O–H groups in total. The van der Waals surface area contributed by atoms with Gasteiger partial charge < -0.3 is 15.3 Å². The average molecular weight is 298 g/mol. The maximum absolute atomic E-state index is 11.9. The first kappa shape index (κ1) is 16.0. The third-order valence-electron chi connectivity index (χ3n) is 3.51. The van der Waals surface area contributed by atoms with Crippen LogP contribution in [0, 0.1) is 0 Å². The highest BCUT2D eigenvalue weighted by Gasteiger charge is 2.12. The summed E-state index contributed by atoms with van der Waals surface area (Å²) in [5.41, 5.74) is 2.91. The summed E-state index contributed by atoms with van der Waals surface area (Å²) >= 11 is 0. The Bertz CT molecular complexity index is 594. The molecule has 2 rings (SSSR count). The number of carbonyl (C=O) groups excluding carboxylic acids is 1. The summed E-state index contributed by atoms with van der Waals surface area (Å²) in [6.07, 6.45) is -0.697. The lowest BCUT2D eigenvalue weighted by Crippen LogP contribution is -2.24. The van der Waals surface area contributed by atoms with Crippen molar-refractivity contribution in [3.05, 3.63) is 65.7 Å². The van der Waals surface area contributed by atoms with E-state index >= 15 is 0 Å². The molecule has 4 nitrogen and oxygen atoms in total. The molecule has 0 aliphatic heterocycles. The number of amides is 1. The van der Waals surface area contributed by atoms with Crippen molar-refractivity contribution >= 4 is 11.6 Å². The Labute approximate surface area is 131 Å². The first-order valence-electron chi connectivity index (χ1n) is 7.32. The van der Waals surface area contributed by atoms with E-state index in [-0.39, 0.29) is 12.3 Å². The van der Waals surface area contributed by atoms with Crippen LogP contribution in [0.3, 0.4) is 0 Å². The standard InChI is InChI=1S/C18H22N2O2/c1-20(2)16-10-8-14(9-11-16)13-19-18(22)12-17(21)15-6-4-3-5-7-15/h3-11,17,21H,12-13H2,1-2H3,(H,19,22). The van der Waals surface area contributed by atoms with Crippen LogP contribution in [0.15, 0.2) is 54.6 Å². The second-order valence-corrected chi connectivity index (χ2v) is 5.47. The van der Waals surface area contributed by atoms with Crippen molar-refractivity contribution in [1.82, 2.24) is 5.32 Å². The SMILES string of the molecule is CN(C)c1ccc(CNC(=O)CC(O)c2ccccc2)cc1. The Morgan fingerprint density at radius 3 is 2.32 bits per heavy atom. The van der Waals surface area contributed by atoms with E-state index in [1.807, 2.05) is 73.6 Å². The smallest absolute Gasteiger partial charge is 0.223 e. The number of anilines is 1. The highest BCUT2D eigenvalue weighted by atomic mass is 16.3. The van der Waals surface area contributed by atoms with Crippen LogP contribution in [0.5, 0.6) is 0 Å². The second-order valence-electron chi connectivity index (χ2n) is 5.47. The van der Waals surface area contributed by atoms with Crippen LogP contribution < -0.4 is 10.2 Å². The molecule has 1 unspecified atom stereocenters. The van der Waals surface area contributed by atoms with E-state index in [1.165, 1.54) is 0 Å². The molecule has 0 aliphatic rings. The minimum atomic E-state index is -0.766. The van der Waals surface area contributed by atoms with Crippen molar-refractivity contribution < 1.29 is 9.90 Å². The highest BCUT2D eigenvalue weighted by molar-refractivity contribution is 5.76. The molecule has 0 spiro atoms. The van der Waals surface area contributed by atoms with E-state index in [1.54, 1.807) is 0 Å². The van der Waals surface area contributed by atoms with Gasteiger partial charge in [-0.2, -0.15) is 0 Å². The monoisotopic (exact) mass is 298 g/mol. The quantitative estimate of drug-likeness (QED) is 0.861. The third kappa shape index (κ3) is 4.60. The zero-order valence-corrected chi connectivity index (χ0v) is 13.0. The number of aliphatic hydroxyl groups excluding tert-OH is 1. The van der Waals surface area contributed by atoms with Gasteiger partial charge in [0.1, 0.15) is 0 Å². The van der Waals surface area contributed by atoms with Gasteiger partial charge in [0, 0.05) is 26.3 Å². The fraction of sp³-hybridized carbons (Fsp3) is 0.278. The molecule has 0 aliphatic carbocycles. The van der Waals surface area contributed by atoms with Crippen LogP contribution in [0.1, 0.15) is 23.7 Å². The molecule has 2 aromatic carbocycles. The molecule has 0 radical (unpaired) electrons. The topological polar surface area (TPSA) is 52.6 Å². The molecule has 116 valence electrons. The van der Waals surface area contributed by atoms with E-state index in [2.05, 4.69) is 5.32 Å². The number of carbonyl (C=O) groups is 1. The van der Waals surface area contributed by atoms with Crippen molar-refractivity contribution in [2.24, 2.45) is 0 Å². The number of rotatable bonds is 6. The summed E-state index contributed by atoms with van der Waals surface area (Å²) in [7, 11) is 3.98. The summed E-state index contributed by atoms with van der Waals surface area (Å²) in [6, 6.07) is 17.2. The Morgan fingerprint density at radius 1 is 1.09 bits per heavy atom. The molecule has 0 saturated carbocycles. The van der Waals surface area contributed by atoms with Crippen molar-refractivity contribution in [3.8, 4) is 0 Å². The predicted molar refractivity (Wildman–Crippen MR) is 88.6 cm³/mol. The molecule has 0 aromatic heterocycles. The molecule has 0 bridgehead atoms. The number of hydrogen-bond donors (Lipinski definition) is 2. The van der Waals surface area contributed by atoms with Gasteiger partial charge in [-0.15, -0.1) is 0 Å². The lowest BCUT2D eigenvalue weighted by molar-refractivity contribution is -0.123. The number of nitrogens with one attached hydrogen (secondary N) is 1. The van der Waals surface area contributed by atoms with Crippen molar-refractivity contribution in [2.75, 3.05) is 19.0 Å². The van der Waals surface area contributed by atoms with Gasteiger partial charge in [-0.25, -0.2) is 0 Å². The van der Waals surface area contributed by atoms with E-state index in [0.29, 0.717) is 6.54 Å². The van der Waals surface area contributed by atoms with Crippen LogP contribution in [-0.2, 0) is 11.3 Å². The van der Waals surface area contributed by atoms with E-state index in [9.17, 15) is 9.90 Å². The van der Waals surface area contributed by atoms with Crippen molar-refractivity contribution in [3.63, 3.8) is 0 Å². The average Bonchev–Trinajstić information content (AvgIpc) is 2.54. The normalized spacial score (nSPS) is 11.8. The Morgan fingerprint density at radius 2 is 1.73 bits per heavy atom. The predicted octanol–water partition coefficient (Wildman–Crippen LogP) is 2.49. The lowest BCUT2D eigenvalue weighted by Gasteiger charge is -2.13. The van der Waals surface area contributed by atoms with E-state index in [4.69, 9.17) is 0 Å². The van der Waals surface area contributed by atoms with Gasteiger partial charge in [0.2, 0.25) is 5.91 Å². The molecule has 1 atom stereocenters. The van der Waals surface area contributed by atoms with Crippen LogP contribution >= 0.6 is 0 Å². The van der Waals surface area contributed by atoms with Crippen molar-refractivity contribution in [1.29, 1.82) is 0 Å². The lowest BCUT2D eigenvalue weighted by atomic mass is 10.1. The minimum absolute atomic E-state index is 0.0692. The molecule has 1 amide bonds. The molecular weight excluding hydrogens is 276 g/mol. The maximum atomic E-state index is 11.9. The van der Waals surface area contributed by atoms with Crippen LogP contribution in [0.4, 0.5) is 5.69 Å². The fourth-order valence-corrected chi connectivity index (χ4v) is 2.15. The van der Waals surface area contributed by atoms with E-state index < -0.39 is 6.10 Å². The molecule has 2 aromatic rings. The van der Waals surface area contributed by atoms with Crippen LogP contribution in [-0.4, -0.2) is 25.1 Å². The fourth-order valence-electron chi connectivity index (χ4n) is 2.15. The van der Waals surface area contributed by atoms with Gasteiger partial charge in [0.05, 0.1) is 12.5 Å². The zero-order valence-electron chi connectivity index (χ0n) is 13.0. The summed E-state index contributed by atoms with van der Waals surface area (Å²) in [6.45, 7) is 0.466.